The van der Waals surface area contributed by atoms with E-state index in [4.69, 9.17) is 25.6 Å². The number of amides is 1. The zero-order valence-electron chi connectivity index (χ0n) is 15.7. The maximum atomic E-state index is 11.9. The van der Waals surface area contributed by atoms with Gasteiger partial charge in [-0.1, -0.05) is 16.8 Å². The van der Waals surface area contributed by atoms with Crippen molar-refractivity contribution in [1.82, 2.24) is 15.5 Å². The second-order valence-electron chi connectivity index (χ2n) is 7.63. The standard InChI is InChI=1S/C19H24ClN3O4/c1-19(2,3)27-18(24)22-12-4-6-13(7-5-12)26-14-8-9-15(16(20)10-14)17-21-11-25-23-17/h8-13H,4-7H2,1-3H3,(H,22,24). The highest BCUT2D eigenvalue weighted by molar-refractivity contribution is 6.33. The van der Waals surface area contributed by atoms with E-state index in [9.17, 15) is 4.79 Å². The molecule has 1 aromatic heterocycles. The first kappa shape index (κ1) is 19.5. The number of ether oxygens (including phenoxy) is 2. The third kappa shape index (κ3) is 5.60. The second kappa shape index (κ2) is 8.17. The molecule has 1 N–H and O–H groups in total. The summed E-state index contributed by atoms with van der Waals surface area (Å²) in [6.07, 6.45) is 4.39. The summed E-state index contributed by atoms with van der Waals surface area (Å²) >= 11 is 6.31. The second-order valence-corrected chi connectivity index (χ2v) is 8.04. The predicted octanol–water partition coefficient (Wildman–Crippen LogP) is 4.60. The molecule has 146 valence electrons. The Morgan fingerprint density at radius 1 is 1.26 bits per heavy atom. The molecule has 27 heavy (non-hydrogen) atoms. The van der Waals surface area contributed by atoms with Crippen LogP contribution in [0.3, 0.4) is 0 Å². The number of rotatable bonds is 4. The van der Waals surface area contributed by atoms with E-state index in [1.807, 2.05) is 32.9 Å². The van der Waals surface area contributed by atoms with E-state index < -0.39 is 5.60 Å². The summed E-state index contributed by atoms with van der Waals surface area (Å²) < 4.78 is 16.1. The van der Waals surface area contributed by atoms with Crippen molar-refractivity contribution in [3.63, 3.8) is 0 Å². The van der Waals surface area contributed by atoms with Crippen molar-refractivity contribution >= 4 is 17.7 Å². The number of halogens is 1. The molecular weight excluding hydrogens is 370 g/mol. The molecule has 1 aliphatic carbocycles. The van der Waals surface area contributed by atoms with Gasteiger partial charge in [-0.25, -0.2) is 4.79 Å². The molecule has 0 spiro atoms. The molecule has 1 aromatic carbocycles. The Hall–Kier alpha value is -2.28. The molecule has 0 unspecified atom stereocenters. The fourth-order valence-corrected chi connectivity index (χ4v) is 3.29. The Labute approximate surface area is 163 Å². The van der Waals surface area contributed by atoms with E-state index in [-0.39, 0.29) is 18.2 Å². The van der Waals surface area contributed by atoms with Crippen molar-refractivity contribution in [2.45, 2.75) is 64.2 Å². The van der Waals surface area contributed by atoms with Crippen LogP contribution in [0.2, 0.25) is 5.02 Å². The van der Waals surface area contributed by atoms with Crippen LogP contribution in [0.4, 0.5) is 4.79 Å². The van der Waals surface area contributed by atoms with E-state index in [2.05, 4.69) is 15.5 Å². The molecular formula is C19H24ClN3O4. The number of hydrogen-bond donors (Lipinski definition) is 1. The Bertz CT molecular complexity index is 766. The molecule has 1 aliphatic rings. The molecule has 0 saturated heterocycles. The zero-order valence-corrected chi connectivity index (χ0v) is 16.5. The first-order chi connectivity index (χ1) is 12.8. The minimum absolute atomic E-state index is 0.0915. The summed E-state index contributed by atoms with van der Waals surface area (Å²) in [6, 6.07) is 5.54. The fourth-order valence-electron chi connectivity index (χ4n) is 3.03. The lowest BCUT2D eigenvalue weighted by Crippen LogP contribution is -2.42. The molecule has 3 rings (SSSR count). The Kier molecular flexibility index (Phi) is 5.89. The average molecular weight is 394 g/mol. The minimum Gasteiger partial charge on any atom is -0.490 e. The quantitative estimate of drug-likeness (QED) is 0.816. The van der Waals surface area contributed by atoms with Crippen LogP contribution in [-0.4, -0.2) is 34.0 Å². The van der Waals surface area contributed by atoms with E-state index >= 15 is 0 Å². The van der Waals surface area contributed by atoms with Crippen molar-refractivity contribution in [2.24, 2.45) is 0 Å². The van der Waals surface area contributed by atoms with Gasteiger partial charge in [-0.05, 0) is 64.7 Å². The Morgan fingerprint density at radius 2 is 2.00 bits per heavy atom. The first-order valence-corrected chi connectivity index (χ1v) is 9.40. The van der Waals surface area contributed by atoms with Gasteiger partial charge in [0, 0.05) is 11.6 Å². The van der Waals surface area contributed by atoms with Gasteiger partial charge < -0.3 is 19.3 Å². The lowest BCUT2D eigenvalue weighted by Gasteiger charge is -2.30. The predicted molar refractivity (Wildman–Crippen MR) is 101 cm³/mol. The number of nitrogens with one attached hydrogen (secondary N) is 1. The summed E-state index contributed by atoms with van der Waals surface area (Å²) in [5.74, 6) is 1.15. The van der Waals surface area contributed by atoms with Crippen LogP contribution in [0.1, 0.15) is 46.5 Å². The summed E-state index contributed by atoms with van der Waals surface area (Å²) in [6.45, 7) is 5.56. The van der Waals surface area contributed by atoms with E-state index in [1.165, 1.54) is 6.39 Å². The number of alkyl carbamates (subject to hydrolysis) is 1. The minimum atomic E-state index is -0.489. The maximum absolute atomic E-state index is 11.9. The van der Waals surface area contributed by atoms with Gasteiger partial charge in [0.05, 0.1) is 11.1 Å². The smallest absolute Gasteiger partial charge is 0.407 e. The van der Waals surface area contributed by atoms with Crippen LogP contribution < -0.4 is 10.1 Å². The molecule has 0 atom stereocenters. The molecule has 8 heteroatoms. The third-order valence-corrected chi connectivity index (χ3v) is 4.55. The number of carbonyl (C=O) groups is 1. The lowest BCUT2D eigenvalue weighted by atomic mass is 9.93. The number of nitrogens with zero attached hydrogens (tertiary/aromatic N) is 2. The average Bonchev–Trinajstić information content (AvgIpc) is 3.09. The van der Waals surface area contributed by atoms with Crippen LogP contribution >= 0.6 is 11.6 Å². The Balaban J connectivity index is 1.49. The number of carbonyl (C=O) groups excluding carboxylic acids is 1. The first-order valence-electron chi connectivity index (χ1n) is 9.02. The Morgan fingerprint density at radius 3 is 2.59 bits per heavy atom. The van der Waals surface area contributed by atoms with E-state index in [0.717, 1.165) is 25.7 Å². The topological polar surface area (TPSA) is 86.5 Å². The third-order valence-electron chi connectivity index (χ3n) is 4.24. The van der Waals surface area contributed by atoms with Gasteiger partial charge >= 0.3 is 6.09 Å². The molecule has 0 radical (unpaired) electrons. The molecule has 1 fully saturated rings. The van der Waals surface area contributed by atoms with Gasteiger partial charge in [0.25, 0.3) is 0 Å². The van der Waals surface area contributed by atoms with Gasteiger partial charge in [0.15, 0.2) is 0 Å². The van der Waals surface area contributed by atoms with Crippen LogP contribution in [0.5, 0.6) is 5.75 Å². The van der Waals surface area contributed by atoms with Gasteiger partial charge in [-0.3, -0.25) is 0 Å². The summed E-state index contributed by atoms with van der Waals surface area (Å²) in [7, 11) is 0. The van der Waals surface area contributed by atoms with Crippen molar-refractivity contribution in [3.05, 3.63) is 29.6 Å². The number of aromatic nitrogens is 2. The lowest BCUT2D eigenvalue weighted by molar-refractivity contribution is 0.0471. The van der Waals surface area contributed by atoms with Crippen molar-refractivity contribution in [1.29, 1.82) is 0 Å². The number of benzene rings is 1. The SMILES string of the molecule is CC(C)(C)OC(=O)NC1CCC(Oc2ccc(-c3ncon3)c(Cl)c2)CC1. The molecule has 0 aliphatic heterocycles. The molecule has 2 aromatic rings. The summed E-state index contributed by atoms with van der Waals surface area (Å²) in [5, 5.41) is 7.23. The van der Waals surface area contributed by atoms with Crippen LogP contribution in [0.15, 0.2) is 29.1 Å². The van der Waals surface area contributed by atoms with Crippen LogP contribution in [0.25, 0.3) is 11.4 Å². The fraction of sp³-hybridized carbons (Fsp3) is 0.526. The zero-order chi connectivity index (χ0) is 19.4. The maximum Gasteiger partial charge on any atom is 0.407 e. The van der Waals surface area contributed by atoms with Gasteiger partial charge in [0.2, 0.25) is 12.2 Å². The number of hydrogen-bond acceptors (Lipinski definition) is 6. The molecule has 1 amide bonds. The van der Waals surface area contributed by atoms with Crippen molar-refractivity contribution in [3.8, 4) is 17.1 Å². The van der Waals surface area contributed by atoms with E-state index in [1.54, 1.807) is 6.07 Å². The highest BCUT2D eigenvalue weighted by atomic mass is 35.5. The normalized spacial score (nSPS) is 20.1. The largest absolute Gasteiger partial charge is 0.490 e. The van der Waals surface area contributed by atoms with Crippen LogP contribution in [0, 0.1) is 0 Å². The van der Waals surface area contributed by atoms with Gasteiger partial charge in [-0.15, -0.1) is 0 Å². The monoisotopic (exact) mass is 393 g/mol. The van der Waals surface area contributed by atoms with Gasteiger partial charge in [0.1, 0.15) is 11.4 Å². The highest BCUT2D eigenvalue weighted by Crippen LogP contribution is 2.31. The molecule has 7 nitrogen and oxygen atoms in total. The molecule has 1 saturated carbocycles. The molecule has 0 bridgehead atoms. The van der Waals surface area contributed by atoms with Gasteiger partial charge in [-0.2, -0.15) is 4.98 Å². The summed E-state index contributed by atoms with van der Waals surface area (Å²) in [5.41, 5.74) is 0.208. The molecule has 1 heterocycles. The van der Waals surface area contributed by atoms with Crippen LogP contribution in [-0.2, 0) is 4.74 Å². The van der Waals surface area contributed by atoms with E-state index in [0.29, 0.717) is 22.2 Å². The summed E-state index contributed by atoms with van der Waals surface area (Å²) in [4.78, 5) is 15.9. The van der Waals surface area contributed by atoms with Crippen molar-refractivity contribution in [2.75, 3.05) is 0 Å². The van der Waals surface area contributed by atoms with Crippen molar-refractivity contribution < 1.29 is 18.8 Å². The highest BCUT2D eigenvalue weighted by Gasteiger charge is 2.25.